The summed E-state index contributed by atoms with van der Waals surface area (Å²) in [6, 6.07) is 0. The molecule has 1 aliphatic heterocycles. The van der Waals surface area contributed by atoms with Gasteiger partial charge in [-0.3, -0.25) is 0 Å². The first-order valence-corrected chi connectivity index (χ1v) is 1.19. The van der Waals surface area contributed by atoms with Crippen LogP contribution in [0.1, 0.15) is 0 Å². The molecule has 37 valence electrons. The summed E-state index contributed by atoms with van der Waals surface area (Å²) in [5.41, 5.74) is 0. The topological polar surface area (TPSA) is 45.0 Å². The molecule has 1 heterocycles. The standard InChI is InChI=1S/C2H2N2O.Cu/c5-2-1-3-4-2;/h1H,(H,4,5);. The van der Waals surface area contributed by atoms with E-state index in [0.717, 1.165) is 0 Å². The zero-order valence-electron chi connectivity index (χ0n) is 2.72. The van der Waals surface area contributed by atoms with E-state index in [4.69, 9.17) is 5.11 Å². The third-order valence-electron chi connectivity index (χ3n) is 0.333. The molecule has 1 rings (SSSR count). The van der Waals surface area contributed by atoms with E-state index in [2.05, 4.69) is 10.2 Å². The van der Waals surface area contributed by atoms with Gasteiger partial charge in [-0.2, -0.15) is 0 Å². The molecule has 6 heavy (non-hydrogen) atoms. The molecule has 0 bridgehead atoms. The smallest absolute Gasteiger partial charge is 0.251 e. The minimum atomic E-state index is 0. The van der Waals surface area contributed by atoms with E-state index in [-0.39, 0.29) is 23.0 Å². The molecule has 0 aromatic heterocycles. The number of rotatable bonds is 0. The molecule has 0 aliphatic carbocycles. The van der Waals surface area contributed by atoms with Crippen LogP contribution in [-0.2, 0) is 17.1 Å². The predicted molar refractivity (Wildman–Crippen MR) is 15.6 cm³/mol. The normalized spacial score (nSPS) is 14.3. The van der Waals surface area contributed by atoms with Crippen LogP contribution in [0.4, 0.5) is 0 Å². The first kappa shape index (κ1) is 5.66. The van der Waals surface area contributed by atoms with E-state index >= 15 is 0 Å². The fourth-order valence-corrected chi connectivity index (χ4v) is 0.109. The Morgan fingerprint density at radius 3 is 2.00 bits per heavy atom. The number of nitrogens with zero attached hydrogens (tertiary/aromatic N) is 2. The zero-order chi connectivity index (χ0) is 3.70. The van der Waals surface area contributed by atoms with Crippen molar-refractivity contribution in [3.8, 4) is 0 Å². The first-order chi connectivity index (χ1) is 2.39. The maximum atomic E-state index is 8.05. The van der Waals surface area contributed by atoms with Crippen molar-refractivity contribution in [2.45, 2.75) is 0 Å². The average molecular weight is 134 g/mol. The first-order valence-electron chi connectivity index (χ1n) is 1.19. The molecule has 0 fully saturated rings. The maximum absolute atomic E-state index is 8.05. The number of hydrogen-bond acceptors (Lipinski definition) is 3. The Balaban J connectivity index is 0.000000250. The monoisotopic (exact) mass is 133 g/mol. The van der Waals surface area contributed by atoms with E-state index in [0.29, 0.717) is 0 Å². The summed E-state index contributed by atoms with van der Waals surface area (Å²) in [7, 11) is 0. The Labute approximate surface area is 45.2 Å². The molecule has 0 atom stereocenters. The average Bonchev–Trinajstić information content (AvgIpc) is 1.30. The third-order valence-corrected chi connectivity index (χ3v) is 0.333. The Bertz CT molecular complexity index is 97.7. The summed E-state index contributed by atoms with van der Waals surface area (Å²) < 4.78 is 0. The van der Waals surface area contributed by atoms with Gasteiger partial charge in [0.15, 0.2) is 0 Å². The summed E-state index contributed by atoms with van der Waals surface area (Å²) in [6.07, 6.45) is 1.28. The van der Waals surface area contributed by atoms with Gasteiger partial charge in [0.2, 0.25) is 0 Å². The number of aliphatic hydroxyl groups excluding tert-OH is 1. The molecule has 1 aliphatic rings. The van der Waals surface area contributed by atoms with E-state index in [1.54, 1.807) is 0 Å². The molecule has 1 N–H and O–H groups in total. The summed E-state index contributed by atoms with van der Waals surface area (Å²) in [5, 5.41) is 14.4. The molecule has 0 amide bonds. The summed E-state index contributed by atoms with van der Waals surface area (Å²) >= 11 is 0. The molecule has 0 aromatic rings. The Morgan fingerprint density at radius 1 is 1.67 bits per heavy atom. The van der Waals surface area contributed by atoms with Gasteiger partial charge in [-0.05, 0) is 0 Å². The molecule has 0 spiro atoms. The van der Waals surface area contributed by atoms with Crippen molar-refractivity contribution in [2.75, 3.05) is 0 Å². The van der Waals surface area contributed by atoms with Gasteiger partial charge in [0.1, 0.15) is 6.20 Å². The van der Waals surface area contributed by atoms with Crippen LogP contribution in [-0.4, -0.2) is 5.11 Å². The summed E-state index contributed by atoms with van der Waals surface area (Å²) in [6.45, 7) is 0. The largest absolute Gasteiger partial charge is 0.491 e. The Morgan fingerprint density at radius 2 is 2.00 bits per heavy atom. The van der Waals surface area contributed by atoms with Gasteiger partial charge in [0.25, 0.3) is 5.88 Å². The van der Waals surface area contributed by atoms with E-state index in [9.17, 15) is 0 Å². The Hall–Kier alpha value is -0.341. The molecule has 1 radical (unpaired) electrons. The molecule has 0 aromatic carbocycles. The second-order valence-electron chi connectivity index (χ2n) is 0.703. The fraction of sp³-hybridized carbons (Fsp3) is 0. The number of azo groups is 1. The molecule has 3 nitrogen and oxygen atoms in total. The molecular formula is C2H2CuN2O. The molecule has 4 heteroatoms. The van der Waals surface area contributed by atoms with Crippen LogP contribution >= 0.6 is 0 Å². The second kappa shape index (κ2) is 1.95. The predicted octanol–water partition coefficient (Wildman–Crippen LogP) is 0.807. The zero-order valence-corrected chi connectivity index (χ0v) is 3.66. The Kier molecular flexibility index (Phi) is 1.84. The van der Waals surface area contributed by atoms with Crippen LogP contribution < -0.4 is 0 Å². The van der Waals surface area contributed by atoms with Gasteiger partial charge in [-0.25, -0.2) is 0 Å². The van der Waals surface area contributed by atoms with Crippen LogP contribution in [0.5, 0.6) is 0 Å². The van der Waals surface area contributed by atoms with Crippen LogP contribution in [0.15, 0.2) is 22.3 Å². The number of aliphatic hydroxyl groups is 1. The SMILES string of the molecule is OC1=CN=N1.[Cu]. The van der Waals surface area contributed by atoms with Crippen molar-refractivity contribution < 1.29 is 22.2 Å². The summed E-state index contributed by atoms with van der Waals surface area (Å²) in [4.78, 5) is 0. The second-order valence-corrected chi connectivity index (χ2v) is 0.703. The molecule has 0 unspecified atom stereocenters. The van der Waals surface area contributed by atoms with Crippen molar-refractivity contribution in [3.05, 3.63) is 12.1 Å². The van der Waals surface area contributed by atoms with Crippen molar-refractivity contribution in [2.24, 2.45) is 10.2 Å². The van der Waals surface area contributed by atoms with Crippen molar-refractivity contribution in [3.63, 3.8) is 0 Å². The van der Waals surface area contributed by atoms with Crippen molar-refractivity contribution >= 4 is 0 Å². The van der Waals surface area contributed by atoms with Gasteiger partial charge in [-0.1, -0.05) is 0 Å². The summed E-state index contributed by atoms with van der Waals surface area (Å²) in [5.74, 6) is 0.0185. The van der Waals surface area contributed by atoms with Crippen molar-refractivity contribution in [1.29, 1.82) is 0 Å². The van der Waals surface area contributed by atoms with Gasteiger partial charge in [-0.15, -0.1) is 10.2 Å². The third kappa shape index (κ3) is 0.808. The van der Waals surface area contributed by atoms with Gasteiger partial charge < -0.3 is 5.11 Å². The molecular weight excluding hydrogens is 132 g/mol. The van der Waals surface area contributed by atoms with E-state index in [1.165, 1.54) is 6.20 Å². The van der Waals surface area contributed by atoms with Crippen LogP contribution in [0.25, 0.3) is 0 Å². The van der Waals surface area contributed by atoms with Gasteiger partial charge in [0.05, 0.1) is 0 Å². The van der Waals surface area contributed by atoms with Crippen LogP contribution in [0.2, 0.25) is 0 Å². The van der Waals surface area contributed by atoms with Crippen molar-refractivity contribution in [1.82, 2.24) is 0 Å². The quantitative estimate of drug-likeness (QED) is 0.489. The van der Waals surface area contributed by atoms with Gasteiger partial charge >= 0.3 is 0 Å². The fourth-order valence-electron chi connectivity index (χ4n) is 0.109. The minimum Gasteiger partial charge on any atom is -0.491 e. The van der Waals surface area contributed by atoms with E-state index < -0.39 is 0 Å². The van der Waals surface area contributed by atoms with Crippen LogP contribution in [0, 0.1) is 0 Å². The van der Waals surface area contributed by atoms with Crippen LogP contribution in [0.3, 0.4) is 0 Å². The molecule has 0 saturated heterocycles. The van der Waals surface area contributed by atoms with E-state index in [1.807, 2.05) is 0 Å². The number of hydrogen-bond donors (Lipinski definition) is 1. The molecule has 0 saturated carbocycles. The van der Waals surface area contributed by atoms with Gasteiger partial charge in [0, 0.05) is 17.1 Å². The minimum absolute atomic E-state index is 0. The maximum Gasteiger partial charge on any atom is 0.251 e.